The highest BCUT2D eigenvalue weighted by molar-refractivity contribution is 5.69. The smallest absolute Gasteiger partial charge is 0.311 e. The van der Waals surface area contributed by atoms with Crippen LogP contribution in [0.5, 0.6) is 11.5 Å². The fourth-order valence-electron chi connectivity index (χ4n) is 2.66. The predicted molar refractivity (Wildman–Crippen MR) is 97.5 cm³/mol. The maximum Gasteiger partial charge on any atom is 0.311 e. The first-order valence-electron chi connectivity index (χ1n) is 8.22. The molecule has 0 aliphatic heterocycles. The summed E-state index contributed by atoms with van der Waals surface area (Å²) in [6.07, 6.45) is -0.128. The Morgan fingerprint density at radius 1 is 1.00 bits per heavy atom. The summed E-state index contributed by atoms with van der Waals surface area (Å²) in [4.78, 5) is 10.8. The SMILES string of the molecule is COc1ccc(-c2ccc(OCc3cc(CC(=O)O)oc3C)cc2)cc1. The number of carbonyl (C=O) groups is 1. The van der Waals surface area contributed by atoms with E-state index in [9.17, 15) is 4.79 Å². The molecule has 26 heavy (non-hydrogen) atoms. The molecule has 0 atom stereocenters. The van der Waals surface area contributed by atoms with Gasteiger partial charge in [-0.3, -0.25) is 4.79 Å². The summed E-state index contributed by atoms with van der Waals surface area (Å²) in [6, 6.07) is 17.4. The second-order valence-electron chi connectivity index (χ2n) is 5.91. The van der Waals surface area contributed by atoms with E-state index in [2.05, 4.69) is 0 Å². The molecule has 0 spiro atoms. The third-order valence-electron chi connectivity index (χ3n) is 4.07. The Bertz CT molecular complexity index is 876. The number of benzene rings is 2. The molecule has 0 radical (unpaired) electrons. The van der Waals surface area contributed by atoms with E-state index in [-0.39, 0.29) is 6.42 Å². The number of aryl methyl sites for hydroxylation is 1. The Labute approximate surface area is 151 Å². The van der Waals surface area contributed by atoms with E-state index in [1.54, 1.807) is 20.1 Å². The summed E-state index contributed by atoms with van der Waals surface area (Å²) < 4.78 is 16.4. The fraction of sp³-hybridized carbons (Fsp3) is 0.190. The minimum atomic E-state index is -0.916. The lowest BCUT2D eigenvalue weighted by molar-refractivity contribution is -0.136. The van der Waals surface area contributed by atoms with E-state index in [1.807, 2.05) is 48.5 Å². The Kier molecular flexibility index (Phi) is 5.27. The zero-order valence-electron chi connectivity index (χ0n) is 14.7. The van der Waals surface area contributed by atoms with E-state index >= 15 is 0 Å². The number of carboxylic acids is 1. The molecule has 3 aromatic rings. The molecule has 5 nitrogen and oxygen atoms in total. The highest BCUT2D eigenvalue weighted by Gasteiger charge is 2.11. The Hall–Kier alpha value is -3.21. The van der Waals surface area contributed by atoms with Gasteiger partial charge in [-0.25, -0.2) is 0 Å². The average molecular weight is 352 g/mol. The number of furan rings is 1. The summed E-state index contributed by atoms with van der Waals surface area (Å²) in [5.41, 5.74) is 3.03. The molecule has 0 aliphatic rings. The second kappa shape index (κ2) is 7.78. The third-order valence-corrected chi connectivity index (χ3v) is 4.07. The molecule has 0 saturated heterocycles. The molecule has 1 heterocycles. The minimum absolute atomic E-state index is 0.128. The van der Waals surface area contributed by atoms with Crippen LogP contribution in [0, 0.1) is 6.92 Å². The Morgan fingerprint density at radius 2 is 1.58 bits per heavy atom. The molecular formula is C21H20O5. The zero-order valence-corrected chi connectivity index (χ0v) is 14.7. The van der Waals surface area contributed by atoms with Crippen LogP contribution in [0.25, 0.3) is 11.1 Å². The number of ether oxygens (including phenoxy) is 2. The van der Waals surface area contributed by atoms with Crippen molar-refractivity contribution in [3.8, 4) is 22.6 Å². The molecule has 0 saturated carbocycles. The van der Waals surface area contributed by atoms with Crippen molar-refractivity contribution >= 4 is 5.97 Å². The van der Waals surface area contributed by atoms with Gasteiger partial charge in [0.1, 0.15) is 36.0 Å². The van der Waals surface area contributed by atoms with Gasteiger partial charge in [-0.2, -0.15) is 0 Å². The van der Waals surface area contributed by atoms with Crippen LogP contribution < -0.4 is 9.47 Å². The van der Waals surface area contributed by atoms with Crippen LogP contribution in [0.2, 0.25) is 0 Å². The first kappa shape index (κ1) is 17.6. The number of carboxylic acid groups (broad SMARTS) is 1. The molecular weight excluding hydrogens is 332 g/mol. The van der Waals surface area contributed by atoms with Crippen molar-refractivity contribution in [3.05, 3.63) is 71.7 Å². The van der Waals surface area contributed by atoms with Gasteiger partial charge >= 0.3 is 5.97 Å². The molecule has 5 heteroatoms. The van der Waals surface area contributed by atoms with Crippen LogP contribution in [-0.2, 0) is 17.8 Å². The molecule has 1 aromatic heterocycles. The Balaban J connectivity index is 1.64. The number of aliphatic carboxylic acids is 1. The maximum atomic E-state index is 10.8. The van der Waals surface area contributed by atoms with Crippen molar-refractivity contribution in [2.45, 2.75) is 20.0 Å². The van der Waals surface area contributed by atoms with Gasteiger partial charge in [-0.15, -0.1) is 0 Å². The van der Waals surface area contributed by atoms with Crippen LogP contribution in [0.4, 0.5) is 0 Å². The van der Waals surface area contributed by atoms with Crippen molar-refractivity contribution in [2.75, 3.05) is 7.11 Å². The van der Waals surface area contributed by atoms with Gasteiger partial charge in [-0.1, -0.05) is 24.3 Å². The van der Waals surface area contributed by atoms with Gasteiger partial charge in [0, 0.05) is 5.56 Å². The summed E-state index contributed by atoms with van der Waals surface area (Å²) in [5.74, 6) is 1.76. The maximum absolute atomic E-state index is 10.8. The van der Waals surface area contributed by atoms with E-state index in [1.165, 1.54) is 0 Å². The van der Waals surface area contributed by atoms with Crippen LogP contribution in [0.15, 0.2) is 59.0 Å². The largest absolute Gasteiger partial charge is 0.497 e. The third kappa shape index (κ3) is 4.25. The van der Waals surface area contributed by atoms with E-state index < -0.39 is 5.97 Å². The molecule has 0 amide bonds. The number of hydrogen-bond donors (Lipinski definition) is 1. The predicted octanol–water partition coefficient (Wildman–Crippen LogP) is 4.47. The highest BCUT2D eigenvalue weighted by atomic mass is 16.5. The summed E-state index contributed by atoms with van der Waals surface area (Å²) in [6.45, 7) is 2.13. The molecule has 1 N–H and O–H groups in total. The van der Waals surface area contributed by atoms with Crippen molar-refractivity contribution in [1.29, 1.82) is 0 Å². The lowest BCUT2D eigenvalue weighted by Crippen LogP contribution is -1.98. The van der Waals surface area contributed by atoms with Crippen molar-refractivity contribution in [2.24, 2.45) is 0 Å². The van der Waals surface area contributed by atoms with Gasteiger partial charge in [-0.05, 0) is 48.4 Å². The van der Waals surface area contributed by atoms with Gasteiger partial charge < -0.3 is 19.0 Å². The van der Waals surface area contributed by atoms with Gasteiger partial charge in [0.2, 0.25) is 0 Å². The number of hydrogen-bond acceptors (Lipinski definition) is 4. The standard InChI is InChI=1S/C21H20O5/c1-14-17(11-20(26-14)12-21(22)23)13-25-19-9-5-16(6-10-19)15-3-7-18(24-2)8-4-15/h3-11H,12-13H2,1-2H3,(H,22,23). The van der Waals surface area contributed by atoms with Crippen LogP contribution >= 0.6 is 0 Å². The molecule has 2 aromatic carbocycles. The van der Waals surface area contributed by atoms with E-state index in [4.69, 9.17) is 19.0 Å². The van der Waals surface area contributed by atoms with Crippen molar-refractivity contribution in [1.82, 2.24) is 0 Å². The second-order valence-corrected chi connectivity index (χ2v) is 5.91. The molecule has 134 valence electrons. The minimum Gasteiger partial charge on any atom is -0.497 e. The molecule has 0 fully saturated rings. The first-order valence-corrected chi connectivity index (χ1v) is 8.22. The lowest BCUT2D eigenvalue weighted by atomic mass is 10.1. The van der Waals surface area contributed by atoms with Crippen LogP contribution in [-0.4, -0.2) is 18.2 Å². The number of methoxy groups -OCH3 is 1. The summed E-state index contributed by atoms with van der Waals surface area (Å²) >= 11 is 0. The molecule has 0 aliphatic carbocycles. The topological polar surface area (TPSA) is 68.9 Å². The fourth-order valence-corrected chi connectivity index (χ4v) is 2.66. The van der Waals surface area contributed by atoms with Gasteiger partial charge in [0.25, 0.3) is 0 Å². The Morgan fingerprint density at radius 3 is 2.12 bits per heavy atom. The van der Waals surface area contributed by atoms with Crippen molar-refractivity contribution in [3.63, 3.8) is 0 Å². The summed E-state index contributed by atoms with van der Waals surface area (Å²) in [7, 11) is 1.65. The normalized spacial score (nSPS) is 10.5. The van der Waals surface area contributed by atoms with Gasteiger partial charge in [0.15, 0.2) is 0 Å². The average Bonchev–Trinajstić information content (AvgIpc) is 2.99. The van der Waals surface area contributed by atoms with Gasteiger partial charge in [0.05, 0.1) is 7.11 Å². The quantitative estimate of drug-likeness (QED) is 0.679. The first-order chi connectivity index (χ1) is 12.5. The molecule has 0 unspecified atom stereocenters. The molecule has 3 rings (SSSR count). The van der Waals surface area contributed by atoms with E-state index in [0.717, 1.165) is 28.2 Å². The number of rotatable bonds is 7. The monoisotopic (exact) mass is 352 g/mol. The molecule has 0 bridgehead atoms. The van der Waals surface area contributed by atoms with Crippen molar-refractivity contribution < 1.29 is 23.8 Å². The van der Waals surface area contributed by atoms with Crippen LogP contribution in [0.1, 0.15) is 17.1 Å². The lowest BCUT2D eigenvalue weighted by Gasteiger charge is -2.07. The highest BCUT2D eigenvalue weighted by Crippen LogP contribution is 2.25. The zero-order chi connectivity index (χ0) is 18.5. The van der Waals surface area contributed by atoms with E-state index in [0.29, 0.717) is 18.1 Å². The summed E-state index contributed by atoms with van der Waals surface area (Å²) in [5, 5.41) is 8.83. The van der Waals surface area contributed by atoms with Crippen LogP contribution in [0.3, 0.4) is 0 Å².